The minimum absolute atomic E-state index is 0.126. The van der Waals surface area contributed by atoms with E-state index in [1.54, 1.807) is 42.2 Å². The first-order valence-electron chi connectivity index (χ1n) is 9.43. The van der Waals surface area contributed by atoms with Crippen molar-refractivity contribution in [3.05, 3.63) is 47.7 Å². The Morgan fingerprint density at radius 1 is 1.20 bits per heavy atom. The zero-order valence-corrected chi connectivity index (χ0v) is 16.9. The minimum atomic E-state index is -0.317. The number of nitrogen functional groups attached to an aromatic ring is 1. The van der Waals surface area contributed by atoms with Crippen LogP contribution in [0.3, 0.4) is 0 Å². The number of carbonyl (C=O) groups is 1. The maximum absolute atomic E-state index is 12.5. The van der Waals surface area contributed by atoms with E-state index in [-0.39, 0.29) is 11.9 Å². The molecule has 0 atom stereocenters. The Morgan fingerprint density at radius 3 is 2.77 bits per heavy atom. The molecule has 1 fully saturated rings. The van der Waals surface area contributed by atoms with Crippen LogP contribution >= 0.6 is 11.3 Å². The molecular formula is C19H20N8O2S. The molecule has 1 amide bonds. The van der Waals surface area contributed by atoms with E-state index in [1.807, 2.05) is 0 Å². The summed E-state index contributed by atoms with van der Waals surface area (Å²) in [6, 6.07) is 5.22. The van der Waals surface area contributed by atoms with Gasteiger partial charge in [0.25, 0.3) is 5.91 Å². The third-order valence-corrected chi connectivity index (χ3v) is 5.19. The number of aromatic nitrogens is 6. The molecule has 4 aromatic rings. The fourth-order valence-corrected chi connectivity index (χ4v) is 3.67. The van der Waals surface area contributed by atoms with Gasteiger partial charge < -0.3 is 15.8 Å². The molecule has 0 unspecified atom stereocenters. The minimum Gasteiger partial charge on any atom is -0.381 e. The van der Waals surface area contributed by atoms with Gasteiger partial charge in [0.2, 0.25) is 5.95 Å². The average Bonchev–Trinajstić information content (AvgIpc) is 3.46. The standard InChI is InChI=1S/C14H10N8OS.C5H10O/c15-14-16-6-9-12(20-14)8(7-24-9)13(23)19-10-2-1-3-11(18-10)22-5-4-17-21-22;1-2-4-6-5-3-1/h1-7H,(H2,15,16,20)(H,18,19,23);1-5H2. The first kappa shape index (κ1) is 19.9. The Balaban J connectivity index is 0.000000313. The van der Waals surface area contributed by atoms with E-state index in [4.69, 9.17) is 10.5 Å². The number of thiophene rings is 1. The van der Waals surface area contributed by atoms with Crippen molar-refractivity contribution in [2.24, 2.45) is 0 Å². The molecule has 11 heteroatoms. The number of pyridine rings is 1. The van der Waals surface area contributed by atoms with E-state index < -0.39 is 0 Å². The molecule has 4 aromatic heterocycles. The van der Waals surface area contributed by atoms with Gasteiger partial charge in [0.05, 0.1) is 34.4 Å². The molecule has 1 aliphatic rings. The van der Waals surface area contributed by atoms with Crippen LogP contribution < -0.4 is 11.1 Å². The number of rotatable bonds is 3. The Morgan fingerprint density at radius 2 is 2.07 bits per heavy atom. The molecule has 0 radical (unpaired) electrons. The van der Waals surface area contributed by atoms with Crippen LogP contribution in [-0.4, -0.2) is 49.1 Å². The third-order valence-electron chi connectivity index (χ3n) is 4.29. The van der Waals surface area contributed by atoms with Crippen molar-refractivity contribution in [2.75, 3.05) is 24.3 Å². The largest absolute Gasteiger partial charge is 0.381 e. The van der Waals surface area contributed by atoms with Gasteiger partial charge in [0.15, 0.2) is 5.82 Å². The third kappa shape index (κ3) is 4.75. The molecule has 0 bridgehead atoms. The van der Waals surface area contributed by atoms with Crippen molar-refractivity contribution in [2.45, 2.75) is 19.3 Å². The molecule has 154 valence electrons. The van der Waals surface area contributed by atoms with Crippen molar-refractivity contribution >= 4 is 39.2 Å². The lowest BCUT2D eigenvalue weighted by Gasteiger charge is -2.08. The fourth-order valence-electron chi connectivity index (χ4n) is 2.82. The highest BCUT2D eigenvalue weighted by Crippen LogP contribution is 2.24. The summed E-state index contributed by atoms with van der Waals surface area (Å²) in [6.45, 7) is 2.00. The fraction of sp³-hybridized carbons (Fsp3) is 0.263. The highest BCUT2D eigenvalue weighted by molar-refractivity contribution is 7.17. The normalized spacial score (nSPS) is 13.5. The number of nitrogens with two attached hydrogens (primary N) is 1. The quantitative estimate of drug-likeness (QED) is 0.513. The van der Waals surface area contributed by atoms with Crippen LogP contribution in [-0.2, 0) is 4.74 Å². The number of fused-ring (bicyclic) bond motifs is 1. The zero-order valence-electron chi connectivity index (χ0n) is 16.1. The first-order valence-corrected chi connectivity index (χ1v) is 10.3. The van der Waals surface area contributed by atoms with Crippen molar-refractivity contribution < 1.29 is 9.53 Å². The summed E-state index contributed by atoms with van der Waals surface area (Å²) in [5.41, 5.74) is 6.55. The number of nitrogens with one attached hydrogen (secondary N) is 1. The maximum Gasteiger partial charge on any atom is 0.259 e. The van der Waals surface area contributed by atoms with E-state index in [0.29, 0.717) is 22.7 Å². The number of hydrogen-bond acceptors (Lipinski definition) is 9. The second-order valence-corrected chi connectivity index (χ2v) is 7.36. The number of hydrogen-bond donors (Lipinski definition) is 2. The number of ether oxygens (including phenoxy) is 1. The van der Waals surface area contributed by atoms with Crippen LogP contribution in [0.25, 0.3) is 16.0 Å². The summed E-state index contributed by atoms with van der Waals surface area (Å²) < 4.78 is 7.36. The summed E-state index contributed by atoms with van der Waals surface area (Å²) in [7, 11) is 0. The van der Waals surface area contributed by atoms with Gasteiger partial charge in [0, 0.05) is 18.6 Å². The predicted octanol–water partition coefficient (Wildman–Crippen LogP) is 2.69. The van der Waals surface area contributed by atoms with E-state index >= 15 is 0 Å². The van der Waals surface area contributed by atoms with Crippen LogP contribution in [0.1, 0.15) is 29.6 Å². The predicted molar refractivity (Wildman–Crippen MR) is 114 cm³/mol. The molecule has 0 saturated carbocycles. The van der Waals surface area contributed by atoms with Crippen molar-refractivity contribution in [1.29, 1.82) is 0 Å². The molecule has 5 rings (SSSR count). The van der Waals surface area contributed by atoms with Crippen LogP contribution in [0.2, 0.25) is 0 Å². The summed E-state index contributed by atoms with van der Waals surface area (Å²) in [6.07, 6.45) is 8.75. The molecule has 3 N–H and O–H groups in total. The molecule has 10 nitrogen and oxygen atoms in total. The zero-order chi connectivity index (χ0) is 20.8. The van der Waals surface area contributed by atoms with Gasteiger partial charge in [-0.1, -0.05) is 11.3 Å². The van der Waals surface area contributed by atoms with Crippen LogP contribution in [0, 0.1) is 0 Å². The van der Waals surface area contributed by atoms with Gasteiger partial charge in [-0.25, -0.2) is 19.6 Å². The first-order chi connectivity index (χ1) is 14.7. The van der Waals surface area contributed by atoms with E-state index in [0.717, 1.165) is 17.9 Å². The number of carbonyl (C=O) groups excluding carboxylic acids is 1. The van der Waals surface area contributed by atoms with Crippen molar-refractivity contribution in [3.63, 3.8) is 0 Å². The number of amides is 1. The molecule has 1 saturated heterocycles. The maximum atomic E-state index is 12.5. The monoisotopic (exact) mass is 424 g/mol. The Hall–Kier alpha value is -3.44. The highest BCUT2D eigenvalue weighted by Gasteiger charge is 2.15. The second-order valence-electron chi connectivity index (χ2n) is 6.45. The summed E-state index contributed by atoms with van der Waals surface area (Å²) in [5.74, 6) is 0.755. The lowest BCUT2D eigenvalue weighted by atomic mass is 10.2. The topological polar surface area (TPSA) is 134 Å². The Bertz CT molecular complexity index is 1110. The van der Waals surface area contributed by atoms with Gasteiger partial charge in [-0.15, -0.1) is 16.4 Å². The van der Waals surface area contributed by atoms with Crippen molar-refractivity contribution in [1.82, 2.24) is 29.9 Å². The lowest BCUT2D eigenvalue weighted by molar-refractivity contribution is 0.0968. The van der Waals surface area contributed by atoms with Gasteiger partial charge in [-0.3, -0.25) is 4.79 Å². The summed E-state index contributed by atoms with van der Waals surface area (Å²) in [4.78, 5) is 24.9. The SMILES string of the molecule is C1CCOCC1.Nc1ncc2scc(C(=O)Nc3cccc(-n4ccnn4)n3)c2n1. The molecule has 5 heterocycles. The van der Waals surface area contributed by atoms with Crippen LogP contribution in [0.4, 0.5) is 11.8 Å². The van der Waals surface area contributed by atoms with E-state index in [2.05, 4.69) is 30.6 Å². The Labute approximate surface area is 176 Å². The molecule has 0 spiro atoms. The van der Waals surface area contributed by atoms with Crippen molar-refractivity contribution in [3.8, 4) is 5.82 Å². The van der Waals surface area contributed by atoms with Crippen LogP contribution in [0.5, 0.6) is 0 Å². The Kier molecular flexibility index (Phi) is 6.20. The molecule has 0 aromatic carbocycles. The molecule has 0 aliphatic carbocycles. The van der Waals surface area contributed by atoms with Gasteiger partial charge >= 0.3 is 0 Å². The second kappa shape index (κ2) is 9.37. The van der Waals surface area contributed by atoms with E-state index in [9.17, 15) is 4.79 Å². The van der Waals surface area contributed by atoms with E-state index in [1.165, 1.54) is 35.3 Å². The summed E-state index contributed by atoms with van der Waals surface area (Å²) >= 11 is 1.38. The molecular weight excluding hydrogens is 404 g/mol. The highest BCUT2D eigenvalue weighted by atomic mass is 32.1. The number of nitrogens with zero attached hydrogens (tertiary/aromatic N) is 6. The number of anilines is 2. The smallest absolute Gasteiger partial charge is 0.259 e. The lowest BCUT2D eigenvalue weighted by Crippen LogP contribution is -2.13. The van der Waals surface area contributed by atoms with Gasteiger partial charge in [0.1, 0.15) is 5.82 Å². The van der Waals surface area contributed by atoms with Gasteiger partial charge in [-0.2, -0.15) is 0 Å². The average molecular weight is 424 g/mol. The van der Waals surface area contributed by atoms with Gasteiger partial charge in [-0.05, 0) is 31.4 Å². The summed E-state index contributed by atoms with van der Waals surface area (Å²) in [5, 5.41) is 12.1. The van der Waals surface area contributed by atoms with Crippen LogP contribution in [0.15, 0.2) is 42.2 Å². The molecule has 1 aliphatic heterocycles. The molecule has 30 heavy (non-hydrogen) atoms.